The van der Waals surface area contributed by atoms with E-state index in [9.17, 15) is 4.79 Å². The van der Waals surface area contributed by atoms with Crippen molar-refractivity contribution in [3.63, 3.8) is 0 Å². The summed E-state index contributed by atoms with van der Waals surface area (Å²) in [5.74, 6) is 0.0437. The molecule has 0 spiro atoms. The first kappa shape index (κ1) is 16.0. The van der Waals surface area contributed by atoms with Crippen LogP contribution >= 0.6 is 0 Å². The van der Waals surface area contributed by atoms with Crippen molar-refractivity contribution in [1.29, 1.82) is 0 Å². The molecule has 0 aliphatic rings. The number of benzene rings is 2. The highest BCUT2D eigenvalue weighted by Gasteiger charge is 1.99. The quantitative estimate of drug-likeness (QED) is 0.735. The Balaban J connectivity index is 1.76. The smallest absolute Gasteiger partial charge is 0.304 e. The predicted octanol–water partition coefficient (Wildman–Crippen LogP) is 3.14. The van der Waals surface area contributed by atoms with Crippen molar-refractivity contribution in [2.45, 2.75) is 26.5 Å². The molecule has 0 atom stereocenters. The number of aliphatic carboxylic acids is 1. The molecule has 116 valence electrons. The lowest BCUT2D eigenvalue weighted by molar-refractivity contribution is -0.136. The Labute approximate surface area is 130 Å². The van der Waals surface area contributed by atoms with Gasteiger partial charge in [0.2, 0.25) is 0 Å². The van der Waals surface area contributed by atoms with Gasteiger partial charge in [-0.1, -0.05) is 42.0 Å². The van der Waals surface area contributed by atoms with Gasteiger partial charge in [0.15, 0.2) is 0 Å². The third kappa shape index (κ3) is 5.58. The van der Waals surface area contributed by atoms with Crippen LogP contribution in [0.25, 0.3) is 0 Å². The lowest BCUT2D eigenvalue weighted by Crippen LogP contribution is -2.17. The molecule has 4 heteroatoms. The van der Waals surface area contributed by atoms with Crippen molar-refractivity contribution in [2.24, 2.45) is 0 Å². The minimum Gasteiger partial charge on any atom is -0.489 e. The molecular weight excluding hydrogens is 278 g/mol. The second-order valence-electron chi connectivity index (χ2n) is 5.24. The number of hydrogen-bond acceptors (Lipinski definition) is 3. The van der Waals surface area contributed by atoms with Gasteiger partial charge in [-0.25, -0.2) is 0 Å². The molecule has 0 aliphatic carbocycles. The van der Waals surface area contributed by atoms with Crippen molar-refractivity contribution in [2.75, 3.05) is 6.54 Å². The monoisotopic (exact) mass is 299 g/mol. The molecule has 0 unspecified atom stereocenters. The van der Waals surface area contributed by atoms with Gasteiger partial charge in [-0.05, 0) is 30.2 Å². The maximum atomic E-state index is 10.4. The zero-order valence-electron chi connectivity index (χ0n) is 12.7. The molecule has 2 rings (SSSR count). The first-order valence-electron chi connectivity index (χ1n) is 7.33. The summed E-state index contributed by atoms with van der Waals surface area (Å²) in [6.07, 6.45) is 0.137. The highest BCUT2D eigenvalue weighted by atomic mass is 16.5. The van der Waals surface area contributed by atoms with E-state index >= 15 is 0 Å². The SMILES string of the molecule is Cc1ccc(COc2ccc(CNCCC(=O)O)cc2)cc1. The van der Waals surface area contributed by atoms with Gasteiger partial charge in [0.1, 0.15) is 12.4 Å². The average molecular weight is 299 g/mol. The molecule has 0 bridgehead atoms. The molecule has 0 fully saturated rings. The fourth-order valence-electron chi connectivity index (χ4n) is 1.98. The van der Waals surface area contributed by atoms with E-state index in [4.69, 9.17) is 9.84 Å². The Kier molecular flexibility index (Phi) is 5.98. The number of ether oxygens (including phenoxy) is 1. The molecule has 2 aromatic rings. The highest BCUT2D eigenvalue weighted by molar-refractivity contribution is 5.66. The summed E-state index contributed by atoms with van der Waals surface area (Å²) in [4.78, 5) is 10.4. The van der Waals surface area contributed by atoms with Crippen molar-refractivity contribution >= 4 is 5.97 Å². The van der Waals surface area contributed by atoms with Crippen molar-refractivity contribution in [3.8, 4) is 5.75 Å². The zero-order valence-corrected chi connectivity index (χ0v) is 12.7. The van der Waals surface area contributed by atoms with Crippen LogP contribution in [0.15, 0.2) is 48.5 Å². The third-order valence-electron chi connectivity index (χ3n) is 3.29. The molecule has 0 heterocycles. The molecular formula is C18H21NO3. The van der Waals surface area contributed by atoms with Gasteiger partial charge in [-0.15, -0.1) is 0 Å². The summed E-state index contributed by atoms with van der Waals surface area (Å²) in [6, 6.07) is 16.1. The summed E-state index contributed by atoms with van der Waals surface area (Å²) >= 11 is 0. The molecule has 4 nitrogen and oxygen atoms in total. The number of aryl methyl sites for hydroxylation is 1. The summed E-state index contributed by atoms with van der Waals surface area (Å²) in [5.41, 5.74) is 3.49. The van der Waals surface area contributed by atoms with E-state index in [0.717, 1.165) is 16.9 Å². The summed E-state index contributed by atoms with van der Waals surface area (Å²) in [5, 5.41) is 11.7. The minimum absolute atomic E-state index is 0.137. The minimum atomic E-state index is -0.785. The molecule has 2 aromatic carbocycles. The Bertz CT molecular complexity index is 591. The lowest BCUT2D eigenvalue weighted by atomic mass is 10.2. The topological polar surface area (TPSA) is 58.6 Å². The average Bonchev–Trinajstić information content (AvgIpc) is 2.52. The van der Waals surface area contributed by atoms with Gasteiger partial charge >= 0.3 is 5.97 Å². The Morgan fingerprint density at radius 2 is 1.68 bits per heavy atom. The fourth-order valence-corrected chi connectivity index (χ4v) is 1.98. The van der Waals surface area contributed by atoms with E-state index in [1.54, 1.807) is 0 Å². The van der Waals surface area contributed by atoms with Gasteiger partial charge in [0.25, 0.3) is 0 Å². The first-order chi connectivity index (χ1) is 10.6. The molecule has 2 N–H and O–H groups in total. The maximum absolute atomic E-state index is 10.4. The van der Waals surface area contributed by atoms with E-state index in [1.165, 1.54) is 5.56 Å². The number of carboxylic acids is 1. The van der Waals surface area contributed by atoms with Crippen LogP contribution in [0.5, 0.6) is 5.75 Å². The largest absolute Gasteiger partial charge is 0.489 e. The van der Waals surface area contributed by atoms with Crippen LogP contribution in [0.4, 0.5) is 0 Å². The normalized spacial score (nSPS) is 10.4. The highest BCUT2D eigenvalue weighted by Crippen LogP contribution is 2.14. The van der Waals surface area contributed by atoms with E-state index in [1.807, 2.05) is 24.3 Å². The standard InChI is InChI=1S/C18H21NO3/c1-14-2-4-16(5-3-14)13-22-17-8-6-15(7-9-17)12-19-11-10-18(20)21/h2-9,19H,10-13H2,1H3,(H,20,21). The number of rotatable bonds is 8. The van der Waals surface area contributed by atoms with Crippen LogP contribution in [0.2, 0.25) is 0 Å². The summed E-state index contributed by atoms with van der Waals surface area (Å²) in [7, 11) is 0. The lowest BCUT2D eigenvalue weighted by Gasteiger charge is -2.08. The maximum Gasteiger partial charge on any atom is 0.304 e. The van der Waals surface area contributed by atoms with E-state index in [-0.39, 0.29) is 6.42 Å². The molecule has 0 saturated carbocycles. The summed E-state index contributed by atoms with van der Waals surface area (Å²) in [6.45, 7) is 3.75. The zero-order chi connectivity index (χ0) is 15.8. The number of carbonyl (C=O) groups is 1. The van der Waals surface area contributed by atoms with Gasteiger partial charge in [-0.3, -0.25) is 4.79 Å². The van der Waals surface area contributed by atoms with E-state index < -0.39 is 5.97 Å². The molecule has 0 amide bonds. The van der Waals surface area contributed by atoms with Crippen LogP contribution in [0.1, 0.15) is 23.1 Å². The Morgan fingerprint density at radius 1 is 1.05 bits per heavy atom. The third-order valence-corrected chi connectivity index (χ3v) is 3.29. The molecule has 0 saturated heterocycles. The second-order valence-corrected chi connectivity index (χ2v) is 5.24. The molecule has 0 aromatic heterocycles. The van der Waals surface area contributed by atoms with Gasteiger partial charge in [0, 0.05) is 13.1 Å². The fraction of sp³-hybridized carbons (Fsp3) is 0.278. The number of nitrogens with one attached hydrogen (secondary N) is 1. The van der Waals surface area contributed by atoms with Crippen LogP contribution in [0.3, 0.4) is 0 Å². The van der Waals surface area contributed by atoms with Gasteiger partial charge in [-0.2, -0.15) is 0 Å². The number of carboxylic acid groups (broad SMARTS) is 1. The molecule has 0 aliphatic heterocycles. The van der Waals surface area contributed by atoms with Crippen molar-refractivity contribution in [1.82, 2.24) is 5.32 Å². The van der Waals surface area contributed by atoms with Gasteiger partial charge in [0.05, 0.1) is 6.42 Å². The number of hydrogen-bond donors (Lipinski definition) is 2. The molecule has 0 radical (unpaired) electrons. The van der Waals surface area contributed by atoms with Crippen LogP contribution in [-0.4, -0.2) is 17.6 Å². The van der Waals surface area contributed by atoms with Crippen LogP contribution in [0, 0.1) is 6.92 Å². The Hall–Kier alpha value is -2.33. The molecule has 22 heavy (non-hydrogen) atoms. The van der Waals surface area contributed by atoms with Gasteiger partial charge < -0.3 is 15.2 Å². The predicted molar refractivity (Wildman–Crippen MR) is 85.9 cm³/mol. The van der Waals surface area contributed by atoms with Crippen molar-refractivity contribution < 1.29 is 14.6 Å². The summed E-state index contributed by atoms with van der Waals surface area (Å²) < 4.78 is 5.75. The van der Waals surface area contributed by atoms with E-state index in [2.05, 4.69) is 36.5 Å². The van der Waals surface area contributed by atoms with Crippen LogP contribution < -0.4 is 10.1 Å². The first-order valence-corrected chi connectivity index (χ1v) is 7.33. The Morgan fingerprint density at radius 3 is 2.32 bits per heavy atom. The second kappa shape index (κ2) is 8.20. The van der Waals surface area contributed by atoms with E-state index in [0.29, 0.717) is 19.7 Å². The van der Waals surface area contributed by atoms with Crippen LogP contribution in [-0.2, 0) is 17.9 Å². The van der Waals surface area contributed by atoms with Crippen molar-refractivity contribution in [3.05, 3.63) is 65.2 Å².